The van der Waals surface area contributed by atoms with E-state index in [9.17, 15) is 4.79 Å². The number of amides is 1. The third kappa shape index (κ3) is 5.33. The molecule has 0 aromatic heterocycles. The molecule has 3 nitrogen and oxygen atoms in total. The monoisotopic (exact) mass is 262 g/mol. The second-order valence-electron chi connectivity index (χ2n) is 4.92. The number of hydrogen-bond donors (Lipinski definition) is 1. The molecule has 0 aliphatic heterocycles. The minimum Gasteiger partial charge on any atom is -0.398 e. The van der Waals surface area contributed by atoms with Crippen LogP contribution in [0.15, 0.2) is 24.3 Å². The first-order valence-electron chi connectivity index (χ1n) is 7.30. The van der Waals surface area contributed by atoms with Crippen molar-refractivity contribution in [3.05, 3.63) is 29.8 Å². The number of nitrogens with zero attached hydrogens (tertiary/aromatic N) is 1. The lowest BCUT2D eigenvalue weighted by Gasteiger charge is -2.21. The van der Waals surface area contributed by atoms with E-state index in [1.54, 1.807) is 0 Å². The van der Waals surface area contributed by atoms with Crippen molar-refractivity contribution in [3.63, 3.8) is 0 Å². The molecular formula is C16H26N2O. The van der Waals surface area contributed by atoms with Crippen molar-refractivity contribution >= 4 is 11.6 Å². The van der Waals surface area contributed by atoms with E-state index < -0.39 is 0 Å². The summed E-state index contributed by atoms with van der Waals surface area (Å²) in [4.78, 5) is 14.0. The number of carbonyl (C=O) groups is 1. The molecule has 1 amide bonds. The van der Waals surface area contributed by atoms with Gasteiger partial charge in [-0.05, 0) is 25.0 Å². The SMILES string of the molecule is CCCCCCC(=O)N(CC)Cc1ccccc1N. The lowest BCUT2D eigenvalue weighted by atomic mass is 10.1. The van der Waals surface area contributed by atoms with Crippen molar-refractivity contribution in [2.45, 2.75) is 52.5 Å². The summed E-state index contributed by atoms with van der Waals surface area (Å²) in [5.41, 5.74) is 7.72. The molecule has 0 saturated heterocycles. The molecular weight excluding hydrogens is 236 g/mol. The van der Waals surface area contributed by atoms with Crippen molar-refractivity contribution in [2.24, 2.45) is 0 Å². The standard InChI is InChI=1S/C16H26N2O/c1-3-5-6-7-12-16(19)18(4-2)13-14-10-8-9-11-15(14)17/h8-11H,3-7,12-13,17H2,1-2H3. The zero-order valence-corrected chi connectivity index (χ0v) is 12.2. The lowest BCUT2D eigenvalue weighted by Crippen LogP contribution is -2.30. The molecule has 0 heterocycles. The highest BCUT2D eigenvalue weighted by molar-refractivity contribution is 5.76. The third-order valence-corrected chi connectivity index (χ3v) is 3.39. The maximum absolute atomic E-state index is 12.1. The van der Waals surface area contributed by atoms with Crippen LogP contribution in [-0.2, 0) is 11.3 Å². The molecule has 3 heteroatoms. The number of nitrogen functional groups attached to an aromatic ring is 1. The van der Waals surface area contributed by atoms with E-state index >= 15 is 0 Å². The molecule has 0 spiro atoms. The molecule has 1 rings (SSSR count). The topological polar surface area (TPSA) is 46.3 Å². The van der Waals surface area contributed by atoms with Crippen LogP contribution >= 0.6 is 0 Å². The first kappa shape index (κ1) is 15.5. The van der Waals surface area contributed by atoms with E-state index in [0.717, 1.165) is 30.6 Å². The second-order valence-corrected chi connectivity index (χ2v) is 4.92. The fourth-order valence-electron chi connectivity index (χ4n) is 2.12. The zero-order chi connectivity index (χ0) is 14.1. The van der Waals surface area contributed by atoms with Crippen molar-refractivity contribution in [3.8, 4) is 0 Å². The summed E-state index contributed by atoms with van der Waals surface area (Å²) in [6.45, 7) is 5.55. The van der Waals surface area contributed by atoms with Crippen LogP contribution in [0.4, 0.5) is 5.69 Å². The number of benzene rings is 1. The first-order chi connectivity index (χ1) is 9.19. The van der Waals surface area contributed by atoms with Gasteiger partial charge in [-0.1, -0.05) is 44.4 Å². The van der Waals surface area contributed by atoms with E-state index in [-0.39, 0.29) is 5.91 Å². The Morgan fingerprint density at radius 3 is 2.53 bits per heavy atom. The van der Waals surface area contributed by atoms with Gasteiger partial charge >= 0.3 is 0 Å². The summed E-state index contributed by atoms with van der Waals surface area (Å²) >= 11 is 0. The largest absolute Gasteiger partial charge is 0.398 e. The fourth-order valence-corrected chi connectivity index (χ4v) is 2.12. The minimum absolute atomic E-state index is 0.238. The number of rotatable bonds is 8. The Morgan fingerprint density at radius 2 is 1.89 bits per heavy atom. The van der Waals surface area contributed by atoms with Gasteiger partial charge in [0.25, 0.3) is 0 Å². The number of carbonyl (C=O) groups excluding carboxylic acids is 1. The van der Waals surface area contributed by atoms with Crippen LogP contribution in [0.3, 0.4) is 0 Å². The van der Waals surface area contributed by atoms with Gasteiger partial charge in [0.05, 0.1) is 0 Å². The normalized spacial score (nSPS) is 10.4. The van der Waals surface area contributed by atoms with Gasteiger partial charge in [-0.3, -0.25) is 4.79 Å². The van der Waals surface area contributed by atoms with Gasteiger partial charge in [0.2, 0.25) is 5.91 Å². The Balaban J connectivity index is 2.48. The Kier molecular flexibility index (Phi) is 7.01. The van der Waals surface area contributed by atoms with Gasteiger partial charge in [-0.15, -0.1) is 0 Å². The first-order valence-corrected chi connectivity index (χ1v) is 7.30. The number of nitrogens with two attached hydrogens (primary N) is 1. The highest BCUT2D eigenvalue weighted by Gasteiger charge is 2.12. The van der Waals surface area contributed by atoms with Gasteiger partial charge in [-0.25, -0.2) is 0 Å². The van der Waals surface area contributed by atoms with Gasteiger partial charge in [-0.2, -0.15) is 0 Å². The molecule has 106 valence electrons. The fraction of sp³-hybridized carbons (Fsp3) is 0.562. The molecule has 0 saturated carbocycles. The van der Waals surface area contributed by atoms with Crippen LogP contribution in [-0.4, -0.2) is 17.4 Å². The summed E-state index contributed by atoms with van der Waals surface area (Å²) in [6.07, 6.45) is 5.21. The Labute approximate surface area is 116 Å². The molecule has 0 radical (unpaired) electrons. The van der Waals surface area contributed by atoms with Crippen LogP contribution < -0.4 is 5.73 Å². The molecule has 19 heavy (non-hydrogen) atoms. The number of anilines is 1. The van der Waals surface area contributed by atoms with Crippen molar-refractivity contribution in [1.29, 1.82) is 0 Å². The maximum Gasteiger partial charge on any atom is 0.222 e. The van der Waals surface area contributed by atoms with Crippen LogP contribution in [0.1, 0.15) is 51.5 Å². The second kappa shape index (κ2) is 8.57. The molecule has 1 aromatic rings. The number of hydrogen-bond acceptors (Lipinski definition) is 2. The van der Waals surface area contributed by atoms with Crippen molar-refractivity contribution < 1.29 is 4.79 Å². The molecule has 0 aliphatic carbocycles. The molecule has 0 unspecified atom stereocenters. The molecule has 1 aromatic carbocycles. The van der Waals surface area contributed by atoms with Crippen LogP contribution in [0.25, 0.3) is 0 Å². The van der Waals surface area contributed by atoms with Gasteiger partial charge in [0.1, 0.15) is 0 Å². The van der Waals surface area contributed by atoms with E-state index in [1.165, 1.54) is 12.8 Å². The molecule has 0 bridgehead atoms. The average Bonchev–Trinajstić information content (AvgIpc) is 2.42. The van der Waals surface area contributed by atoms with Gasteiger partial charge < -0.3 is 10.6 Å². The minimum atomic E-state index is 0.238. The van der Waals surface area contributed by atoms with Crippen molar-refractivity contribution in [2.75, 3.05) is 12.3 Å². The molecule has 2 N–H and O–H groups in total. The van der Waals surface area contributed by atoms with Crippen LogP contribution in [0.2, 0.25) is 0 Å². The van der Waals surface area contributed by atoms with Crippen LogP contribution in [0.5, 0.6) is 0 Å². The molecule has 0 atom stereocenters. The van der Waals surface area contributed by atoms with E-state index in [1.807, 2.05) is 36.1 Å². The third-order valence-electron chi connectivity index (χ3n) is 3.39. The highest BCUT2D eigenvalue weighted by atomic mass is 16.2. The summed E-state index contributed by atoms with van der Waals surface area (Å²) < 4.78 is 0. The van der Waals surface area contributed by atoms with Gasteiger partial charge in [0.15, 0.2) is 0 Å². The Bertz CT molecular complexity index is 390. The predicted molar refractivity (Wildman–Crippen MR) is 80.7 cm³/mol. The highest BCUT2D eigenvalue weighted by Crippen LogP contribution is 2.14. The van der Waals surface area contributed by atoms with E-state index in [4.69, 9.17) is 5.73 Å². The Hall–Kier alpha value is -1.51. The summed E-state index contributed by atoms with van der Waals surface area (Å²) in [7, 11) is 0. The zero-order valence-electron chi connectivity index (χ0n) is 12.2. The molecule has 0 fully saturated rings. The molecule has 0 aliphatic rings. The van der Waals surface area contributed by atoms with E-state index in [0.29, 0.717) is 13.0 Å². The summed E-state index contributed by atoms with van der Waals surface area (Å²) in [6, 6.07) is 7.75. The average molecular weight is 262 g/mol. The van der Waals surface area contributed by atoms with Crippen LogP contribution in [0, 0.1) is 0 Å². The summed E-state index contributed by atoms with van der Waals surface area (Å²) in [5.74, 6) is 0.238. The van der Waals surface area contributed by atoms with E-state index in [2.05, 4.69) is 6.92 Å². The number of para-hydroxylation sites is 1. The Morgan fingerprint density at radius 1 is 1.16 bits per heavy atom. The number of unbranched alkanes of at least 4 members (excludes halogenated alkanes) is 3. The van der Waals surface area contributed by atoms with Crippen molar-refractivity contribution in [1.82, 2.24) is 4.90 Å². The van der Waals surface area contributed by atoms with Gasteiger partial charge in [0, 0.05) is 25.2 Å². The predicted octanol–water partition coefficient (Wildman–Crippen LogP) is 3.59. The summed E-state index contributed by atoms with van der Waals surface area (Å²) in [5, 5.41) is 0. The smallest absolute Gasteiger partial charge is 0.222 e. The quantitative estimate of drug-likeness (QED) is 0.575. The maximum atomic E-state index is 12.1. The lowest BCUT2D eigenvalue weighted by molar-refractivity contribution is -0.131.